The average molecular weight is 334 g/mol. The Morgan fingerprint density at radius 3 is 2.14 bits per heavy atom. The maximum absolute atomic E-state index is 11.7. The molecule has 6 nitrogen and oxygen atoms in total. The molecule has 0 amide bonds. The first-order valence-electron chi connectivity index (χ1n) is 6.66. The van der Waals surface area contributed by atoms with Gasteiger partial charge in [-0.2, -0.15) is 0 Å². The van der Waals surface area contributed by atoms with Crippen LogP contribution in [0, 0.1) is 0 Å². The summed E-state index contributed by atoms with van der Waals surface area (Å²) in [5, 5.41) is 0. The largest absolute Gasteiger partial charge is 0.274 e. The maximum atomic E-state index is 11.7. The molecule has 0 heterocycles. The van der Waals surface area contributed by atoms with E-state index in [1.807, 2.05) is 6.92 Å². The molecule has 0 atom stereocenters. The molecule has 1 aromatic rings. The van der Waals surface area contributed by atoms with Crippen LogP contribution in [0.2, 0.25) is 0 Å². The Bertz CT molecular complexity index is 652. The van der Waals surface area contributed by atoms with E-state index in [4.69, 9.17) is 0 Å². The fourth-order valence-electron chi connectivity index (χ4n) is 1.62. The molecule has 0 saturated heterocycles. The number of nitrogens with one attached hydrogen (secondary N) is 1. The van der Waals surface area contributed by atoms with Crippen molar-refractivity contribution in [3.63, 3.8) is 0 Å². The van der Waals surface area contributed by atoms with Crippen LogP contribution in [0.15, 0.2) is 24.3 Å². The van der Waals surface area contributed by atoms with Crippen molar-refractivity contribution >= 4 is 25.7 Å². The molecule has 1 aromatic carbocycles. The predicted molar refractivity (Wildman–Crippen MR) is 85.2 cm³/mol. The molecule has 120 valence electrons. The van der Waals surface area contributed by atoms with Crippen molar-refractivity contribution < 1.29 is 16.8 Å². The number of nitrogens with zero attached hydrogens (tertiary/aromatic N) is 1. The van der Waals surface area contributed by atoms with Gasteiger partial charge in [-0.15, -0.1) is 0 Å². The van der Waals surface area contributed by atoms with Crippen LogP contribution in [0.25, 0.3) is 0 Å². The van der Waals surface area contributed by atoms with Crippen LogP contribution in [-0.4, -0.2) is 35.9 Å². The van der Waals surface area contributed by atoms with Crippen molar-refractivity contribution in [2.75, 3.05) is 23.4 Å². The molecule has 0 radical (unpaired) electrons. The van der Waals surface area contributed by atoms with Crippen molar-refractivity contribution in [2.24, 2.45) is 0 Å². The Hall–Kier alpha value is -1.12. The lowest BCUT2D eigenvalue weighted by atomic mass is 10.2. The highest BCUT2D eigenvalue weighted by atomic mass is 32.2. The van der Waals surface area contributed by atoms with E-state index in [1.165, 1.54) is 11.4 Å². The first-order chi connectivity index (χ1) is 9.65. The van der Waals surface area contributed by atoms with Gasteiger partial charge in [0, 0.05) is 13.6 Å². The molecular formula is C13H22N2O4S2. The van der Waals surface area contributed by atoms with E-state index < -0.39 is 20.0 Å². The minimum atomic E-state index is -3.29. The molecular weight excluding hydrogens is 312 g/mol. The van der Waals surface area contributed by atoms with Gasteiger partial charge in [-0.05, 0) is 24.1 Å². The molecule has 1 rings (SSSR count). The summed E-state index contributed by atoms with van der Waals surface area (Å²) in [6.07, 6.45) is 2.59. The van der Waals surface area contributed by atoms with Gasteiger partial charge in [0.25, 0.3) is 0 Å². The van der Waals surface area contributed by atoms with Gasteiger partial charge in [0.2, 0.25) is 20.0 Å². The lowest BCUT2D eigenvalue weighted by Gasteiger charge is -2.16. The van der Waals surface area contributed by atoms with Crippen LogP contribution >= 0.6 is 0 Å². The number of anilines is 1. The molecule has 0 aliphatic rings. The van der Waals surface area contributed by atoms with Gasteiger partial charge >= 0.3 is 0 Å². The predicted octanol–water partition coefficient (Wildman–Crippen LogP) is 1.30. The molecule has 1 N–H and O–H groups in total. The van der Waals surface area contributed by atoms with Crippen LogP contribution in [0.1, 0.15) is 25.3 Å². The fraction of sp³-hybridized carbons (Fsp3) is 0.538. The molecule has 0 spiro atoms. The quantitative estimate of drug-likeness (QED) is 0.777. The van der Waals surface area contributed by atoms with Crippen LogP contribution < -0.4 is 9.03 Å². The van der Waals surface area contributed by atoms with E-state index in [2.05, 4.69) is 4.72 Å². The molecule has 0 aliphatic carbocycles. The van der Waals surface area contributed by atoms with E-state index in [-0.39, 0.29) is 12.3 Å². The monoisotopic (exact) mass is 334 g/mol. The Morgan fingerprint density at radius 1 is 1.10 bits per heavy atom. The van der Waals surface area contributed by atoms with Gasteiger partial charge in [-0.25, -0.2) is 21.6 Å². The minimum Gasteiger partial charge on any atom is -0.274 e. The molecule has 0 bridgehead atoms. The zero-order valence-electron chi connectivity index (χ0n) is 12.5. The summed E-state index contributed by atoms with van der Waals surface area (Å²) in [5.74, 6) is 0.123. The summed E-state index contributed by atoms with van der Waals surface area (Å²) in [5.41, 5.74) is 1.32. The number of hydrogen-bond acceptors (Lipinski definition) is 4. The van der Waals surface area contributed by atoms with E-state index in [1.54, 1.807) is 24.3 Å². The van der Waals surface area contributed by atoms with Crippen molar-refractivity contribution in [3.05, 3.63) is 29.8 Å². The highest BCUT2D eigenvalue weighted by molar-refractivity contribution is 7.92. The average Bonchev–Trinajstić information content (AvgIpc) is 2.42. The van der Waals surface area contributed by atoms with E-state index in [0.29, 0.717) is 12.1 Å². The second-order valence-electron chi connectivity index (χ2n) is 4.89. The number of unbranched alkanes of at least 4 members (excludes halogenated alkanes) is 1. The SMILES string of the molecule is CCCCS(=O)(=O)NCc1ccc(N(C)S(C)(=O)=O)cc1. The molecule has 21 heavy (non-hydrogen) atoms. The van der Waals surface area contributed by atoms with Gasteiger partial charge in [-0.1, -0.05) is 25.5 Å². The standard InChI is InChI=1S/C13H22N2O4S2/c1-4-5-10-21(18,19)14-11-12-6-8-13(9-7-12)15(2)20(3,16)17/h6-9,14H,4-5,10-11H2,1-3H3. The summed E-state index contributed by atoms with van der Waals surface area (Å²) in [7, 11) is -5.07. The smallest absolute Gasteiger partial charge is 0.231 e. The van der Waals surface area contributed by atoms with Crippen LogP contribution in [-0.2, 0) is 26.6 Å². The van der Waals surface area contributed by atoms with Crippen molar-refractivity contribution in [2.45, 2.75) is 26.3 Å². The van der Waals surface area contributed by atoms with Gasteiger partial charge in [0.1, 0.15) is 0 Å². The second-order valence-corrected chi connectivity index (χ2v) is 8.83. The number of hydrogen-bond donors (Lipinski definition) is 1. The lowest BCUT2D eigenvalue weighted by molar-refractivity contribution is 0.578. The van der Waals surface area contributed by atoms with Gasteiger partial charge in [0.05, 0.1) is 17.7 Å². The third kappa shape index (κ3) is 6.03. The molecule has 0 unspecified atom stereocenters. The highest BCUT2D eigenvalue weighted by Gasteiger charge is 2.12. The van der Waals surface area contributed by atoms with Gasteiger partial charge < -0.3 is 0 Å². The summed E-state index contributed by atoms with van der Waals surface area (Å²) < 4.78 is 49.9. The van der Waals surface area contributed by atoms with Crippen molar-refractivity contribution in [3.8, 4) is 0 Å². The maximum Gasteiger partial charge on any atom is 0.231 e. The summed E-state index contributed by atoms with van der Waals surface area (Å²) >= 11 is 0. The van der Waals surface area contributed by atoms with E-state index in [0.717, 1.165) is 18.2 Å². The van der Waals surface area contributed by atoms with Gasteiger partial charge in [0.15, 0.2) is 0 Å². The van der Waals surface area contributed by atoms with Crippen LogP contribution in [0.3, 0.4) is 0 Å². The normalized spacial score (nSPS) is 12.3. The third-order valence-corrected chi connectivity index (χ3v) is 5.68. The summed E-state index contributed by atoms with van der Waals surface area (Å²) in [4.78, 5) is 0. The van der Waals surface area contributed by atoms with E-state index >= 15 is 0 Å². The Labute approximate surface area is 127 Å². The number of sulfonamides is 2. The first-order valence-corrected chi connectivity index (χ1v) is 10.2. The third-order valence-electron chi connectivity index (χ3n) is 3.06. The number of benzene rings is 1. The molecule has 0 fully saturated rings. The Morgan fingerprint density at radius 2 is 1.67 bits per heavy atom. The fourth-order valence-corrected chi connectivity index (χ4v) is 3.32. The van der Waals surface area contributed by atoms with Crippen molar-refractivity contribution in [1.29, 1.82) is 0 Å². The molecule has 0 aromatic heterocycles. The molecule has 0 aliphatic heterocycles. The van der Waals surface area contributed by atoms with Crippen LogP contribution in [0.5, 0.6) is 0 Å². The van der Waals surface area contributed by atoms with Gasteiger partial charge in [-0.3, -0.25) is 4.31 Å². The Balaban J connectivity index is 2.68. The highest BCUT2D eigenvalue weighted by Crippen LogP contribution is 2.16. The second kappa shape index (κ2) is 7.24. The first kappa shape index (κ1) is 17.9. The van der Waals surface area contributed by atoms with Crippen LogP contribution in [0.4, 0.5) is 5.69 Å². The summed E-state index contributed by atoms with van der Waals surface area (Å²) in [6.45, 7) is 2.14. The zero-order valence-corrected chi connectivity index (χ0v) is 14.2. The van der Waals surface area contributed by atoms with Crippen molar-refractivity contribution in [1.82, 2.24) is 4.72 Å². The topological polar surface area (TPSA) is 83.6 Å². The Kier molecular flexibility index (Phi) is 6.18. The summed E-state index contributed by atoms with van der Waals surface area (Å²) in [6, 6.07) is 6.71. The lowest BCUT2D eigenvalue weighted by Crippen LogP contribution is -2.26. The molecule has 0 saturated carbocycles. The minimum absolute atomic E-state index is 0.123. The number of rotatable bonds is 8. The van der Waals surface area contributed by atoms with E-state index in [9.17, 15) is 16.8 Å². The molecule has 8 heteroatoms. The zero-order chi connectivity index (χ0) is 16.1.